The summed E-state index contributed by atoms with van der Waals surface area (Å²) in [6, 6.07) is 0.635. The number of nitrogens with one attached hydrogen (secondary N) is 1. The first-order valence-corrected chi connectivity index (χ1v) is 8.42. The summed E-state index contributed by atoms with van der Waals surface area (Å²) in [5.74, 6) is 2.44. The van der Waals surface area contributed by atoms with Gasteiger partial charge in [-0.1, -0.05) is 27.2 Å². The molecule has 1 N–H and O–H groups in total. The molecule has 1 fully saturated rings. The van der Waals surface area contributed by atoms with Crippen molar-refractivity contribution < 1.29 is 4.21 Å². The molecule has 0 amide bonds. The summed E-state index contributed by atoms with van der Waals surface area (Å²) in [4.78, 5) is 2.53. The molecule has 17 heavy (non-hydrogen) atoms. The molecule has 0 spiro atoms. The lowest BCUT2D eigenvalue weighted by atomic mass is 10.1. The highest BCUT2D eigenvalue weighted by Gasteiger charge is 2.22. The van der Waals surface area contributed by atoms with Crippen molar-refractivity contribution in [3.63, 3.8) is 0 Å². The lowest BCUT2D eigenvalue weighted by Gasteiger charge is -2.34. The average molecular weight is 260 g/mol. The molecule has 0 aromatic rings. The molecular weight excluding hydrogens is 232 g/mol. The Labute approximate surface area is 109 Å². The van der Waals surface area contributed by atoms with Crippen LogP contribution in [0.1, 0.15) is 33.6 Å². The van der Waals surface area contributed by atoms with Gasteiger partial charge in [-0.3, -0.25) is 9.11 Å². The third-order valence-corrected chi connectivity index (χ3v) is 4.56. The van der Waals surface area contributed by atoms with Gasteiger partial charge < -0.3 is 5.32 Å². The smallest absolute Gasteiger partial charge is 0.0363 e. The molecule has 102 valence electrons. The fraction of sp³-hybridized carbons (Fsp3) is 1.00. The van der Waals surface area contributed by atoms with Crippen molar-refractivity contribution in [2.75, 3.05) is 37.7 Å². The molecule has 0 aliphatic carbocycles. The van der Waals surface area contributed by atoms with E-state index < -0.39 is 10.8 Å². The minimum absolute atomic E-state index is 0.556. The van der Waals surface area contributed by atoms with E-state index >= 15 is 0 Å². The quantitative estimate of drug-likeness (QED) is 0.752. The van der Waals surface area contributed by atoms with Crippen LogP contribution >= 0.6 is 0 Å². The lowest BCUT2D eigenvalue weighted by Crippen LogP contribution is -2.48. The van der Waals surface area contributed by atoms with Gasteiger partial charge in [-0.25, -0.2) is 0 Å². The summed E-state index contributed by atoms with van der Waals surface area (Å²) >= 11 is 0. The van der Waals surface area contributed by atoms with Crippen molar-refractivity contribution in [2.24, 2.45) is 5.92 Å². The Kier molecular flexibility index (Phi) is 7.32. The molecule has 0 bridgehead atoms. The van der Waals surface area contributed by atoms with E-state index in [9.17, 15) is 4.21 Å². The van der Waals surface area contributed by atoms with Gasteiger partial charge in [-0.05, 0) is 18.9 Å². The van der Waals surface area contributed by atoms with Crippen LogP contribution in [0, 0.1) is 5.92 Å². The number of nitrogens with zero attached hydrogens (tertiary/aromatic N) is 1. The fourth-order valence-electron chi connectivity index (χ4n) is 2.30. The zero-order valence-electron chi connectivity index (χ0n) is 11.6. The SMILES string of the molecule is CCCC(CNCC(C)C)N1CCS(=O)CC1. The minimum atomic E-state index is -0.556. The molecule has 1 rings (SSSR count). The first-order chi connectivity index (χ1) is 8.13. The molecule has 1 unspecified atom stereocenters. The van der Waals surface area contributed by atoms with E-state index in [2.05, 4.69) is 31.0 Å². The summed E-state index contributed by atoms with van der Waals surface area (Å²) < 4.78 is 11.4. The summed E-state index contributed by atoms with van der Waals surface area (Å²) in [7, 11) is -0.556. The van der Waals surface area contributed by atoms with Gasteiger partial charge in [0.25, 0.3) is 0 Å². The zero-order valence-corrected chi connectivity index (χ0v) is 12.4. The second-order valence-electron chi connectivity index (χ2n) is 5.38. The normalized spacial score (nSPS) is 20.9. The van der Waals surface area contributed by atoms with Crippen molar-refractivity contribution in [1.82, 2.24) is 10.2 Å². The maximum Gasteiger partial charge on any atom is 0.0363 e. The fourth-order valence-corrected chi connectivity index (χ4v) is 3.38. The van der Waals surface area contributed by atoms with Crippen LogP contribution in [0.15, 0.2) is 0 Å². The molecule has 0 radical (unpaired) electrons. The van der Waals surface area contributed by atoms with E-state index in [0.29, 0.717) is 12.0 Å². The molecule has 1 aliphatic rings. The first-order valence-electron chi connectivity index (χ1n) is 6.93. The van der Waals surface area contributed by atoms with E-state index in [1.807, 2.05) is 0 Å². The van der Waals surface area contributed by atoms with E-state index in [0.717, 1.165) is 37.7 Å². The third kappa shape index (κ3) is 5.98. The highest BCUT2D eigenvalue weighted by atomic mass is 32.2. The Balaban J connectivity index is 2.33. The van der Waals surface area contributed by atoms with Gasteiger partial charge in [0.05, 0.1) is 0 Å². The van der Waals surface area contributed by atoms with Crippen LogP contribution in [0.4, 0.5) is 0 Å². The van der Waals surface area contributed by atoms with Crippen molar-refractivity contribution in [3.8, 4) is 0 Å². The lowest BCUT2D eigenvalue weighted by molar-refractivity contribution is 0.196. The van der Waals surface area contributed by atoms with E-state index in [4.69, 9.17) is 0 Å². The number of hydrogen-bond donors (Lipinski definition) is 1. The largest absolute Gasteiger partial charge is 0.315 e. The van der Waals surface area contributed by atoms with Crippen LogP contribution in [0.2, 0.25) is 0 Å². The zero-order chi connectivity index (χ0) is 12.7. The molecule has 1 aliphatic heterocycles. The Bertz CT molecular complexity index is 223. The molecule has 0 aromatic heterocycles. The maximum absolute atomic E-state index is 11.4. The second-order valence-corrected chi connectivity index (χ2v) is 7.07. The summed E-state index contributed by atoms with van der Waals surface area (Å²) in [6.45, 7) is 10.9. The minimum Gasteiger partial charge on any atom is -0.315 e. The molecular formula is C13H28N2OS. The molecule has 0 saturated carbocycles. The molecule has 1 atom stereocenters. The maximum atomic E-state index is 11.4. The highest BCUT2D eigenvalue weighted by molar-refractivity contribution is 7.85. The van der Waals surface area contributed by atoms with Crippen LogP contribution in [0.3, 0.4) is 0 Å². The Hall–Kier alpha value is 0.0700. The molecule has 1 saturated heterocycles. The third-order valence-electron chi connectivity index (χ3n) is 3.28. The predicted molar refractivity (Wildman–Crippen MR) is 75.9 cm³/mol. The van der Waals surface area contributed by atoms with E-state index in [1.54, 1.807) is 0 Å². The van der Waals surface area contributed by atoms with Gasteiger partial charge in [0.2, 0.25) is 0 Å². The Morgan fingerprint density at radius 1 is 1.24 bits per heavy atom. The van der Waals surface area contributed by atoms with Crippen molar-refractivity contribution >= 4 is 10.8 Å². The van der Waals surface area contributed by atoms with Crippen molar-refractivity contribution in [3.05, 3.63) is 0 Å². The van der Waals surface area contributed by atoms with Gasteiger partial charge in [0, 0.05) is 48.0 Å². The summed E-state index contributed by atoms with van der Waals surface area (Å²) in [5, 5.41) is 3.56. The van der Waals surface area contributed by atoms with Crippen LogP contribution in [-0.2, 0) is 10.8 Å². The van der Waals surface area contributed by atoms with Gasteiger partial charge >= 0.3 is 0 Å². The van der Waals surface area contributed by atoms with Crippen LogP contribution in [-0.4, -0.2) is 52.8 Å². The first kappa shape index (κ1) is 15.1. The molecule has 4 heteroatoms. The predicted octanol–water partition coefficient (Wildman–Crippen LogP) is 1.47. The summed E-state index contributed by atoms with van der Waals surface area (Å²) in [6.07, 6.45) is 2.48. The number of hydrogen-bond acceptors (Lipinski definition) is 3. The number of rotatable bonds is 7. The van der Waals surface area contributed by atoms with Crippen LogP contribution in [0.5, 0.6) is 0 Å². The van der Waals surface area contributed by atoms with Gasteiger partial charge in [-0.2, -0.15) is 0 Å². The van der Waals surface area contributed by atoms with Crippen LogP contribution in [0.25, 0.3) is 0 Å². The molecule has 1 heterocycles. The topological polar surface area (TPSA) is 32.3 Å². The van der Waals surface area contributed by atoms with Gasteiger partial charge in [-0.15, -0.1) is 0 Å². The van der Waals surface area contributed by atoms with E-state index in [1.165, 1.54) is 12.8 Å². The van der Waals surface area contributed by atoms with Gasteiger partial charge in [0.1, 0.15) is 0 Å². The molecule has 0 aromatic carbocycles. The average Bonchev–Trinajstić information content (AvgIpc) is 2.29. The summed E-state index contributed by atoms with van der Waals surface area (Å²) in [5.41, 5.74) is 0. The monoisotopic (exact) mass is 260 g/mol. The van der Waals surface area contributed by atoms with Crippen molar-refractivity contribution in [1.29, 1.82) is 0 Å². The van der Waals surface area contributed by atoms with Gasteiger partial charge in [0.15, 0.2) is 0 Å². The van der Waals surface area contributed by atoms with Crippen LogP contribution < -0.4 is 5.32 Å². The Morgan fingerprint density at radius 2 is 1.88 bits per heavy atom. The van der Waals surface area contributed by atoms with E-state index in [-0.39, 0.29) is 0 Å². The van der Waals surface area contributed by atoms with Crippen molar-refractivity contribution in [2.45, 2.75) is 39.7 Å². The standard InChI is InChI=1S/C13H28N2OS/c1-4-5-13(11-14-10-12(2)3)15-6-8-17(16)9-7-15/h12-14H,4-11H2,1-3H3. The molecule has 3 nitrogen and oxygen atoms in total. The second kappa shape index (κ2) is 8.22. The Morgan fingerprint density at radius 3 is 2.41 bits per heavy atom. The highest BCUT2D eigenvalue weighted by Crippen LogP contribution is 2.10.